The number of carbonyl (C=O) groups is 1. The molecule has 0 saturated heterocycles. The lowest BCUT2D eigenvalue weighted by atomic mass is 10.6. The molecule has 0 spiro atoms. The molecule has 0 aromatic carbocycles. The number of nitrogens with two attached hydrogens (primary N) is 1. The third kappa shape index (κ3) is 1.71. The summed E-state index contributed by atoms with van der Waals surface area (Å²) in [5.41, 5.74) is 1.96. The molecule has 0 aliphatic heterocycles. The molecule has 0 bridgehead atoms. The van der Waals surface area contributed by atoms with Gasteiger partial charge in [-0.05, 0) is 17.5 Å². The lowest BCUT2D eigenvalue weighted by Gasteiger charge is -1.97. The summed E-state index contributed by atoms with van der Waals surface area (Å²) in [5, 5.41) is 5.16. The Bertz CT molecular complexity index is 209. The van der Waals surface area contributed by atoms with Crippen LogP contribution in [0.3, 0.4) is 0 Å². The van der Waals surface area contributed by atoms with Crippen molar-refractivity contribution < 1.29 is 4.79 Å². The largest absolute Gasteiger partial charge is 0.333 e. The van der Waals surface area contributed by atoms with Crippen molar-refractivity contribution in [3.8, 4) is 0 Å². The summed E-state index contributed by atoms with van der Waals surface area (Å²) < 4.78 is 0. The van der Waals surface area contributed by atoms with E-state index in [9.17, 15) is 4.79 Å². The number of thiophene rings is 1. The lowest BCUT2D eigenvalue weighted by molar-refractivity contribution is 0.252. The second kappa shape index (κ2) is 3.19. The van der Waals surface area contributed by atoms with E-state index in [0.717, 1.165) is 5.00 Å². The van der Waals surface area contributed by atoms with Gasteiger partial charge in [0.15, 0.2) is 0 Å². The Hall–Kier alpha value is -1.07. The average molecular weight is 157 g/mol. The van der Waals surface area contributed by atoms with Crippen molar-refractivity contribution in [2.45, 2.75) is 0 Å². The number of amides is 2. The standard InChI is InChI=1S/C5H7N3OS/c6-8-5(9)7-4-2-1-3-10-4/h1-3H,6H2,(H2,7,8,9). The van der Waals surface area contributed by atoms with Crippen LogP contribution < -0.4 is 16.6 Å². The third-order valence-corrected chi connectivity index (χ3v) is 1.67. The maximum Gasteiger partial charge on any atom is 0.333 e. The number of hydrogen-bond donors (Lipinski definition) is 3. The topological polar surface area (TPSA) is 67.1 Å². The van der Waals surface area contributed by atoms with Crippen molar-refractivity contribution in [1.82, 2.24) is 5.43 Å². The zero-order chi connectivity index (χ0) is 7.40. The van der Waals surface area contributed by atoms with E-state index in [1.54, 1.807) is 6.07 Å². The van der Waals surface area contributed by atoms with Crippen LogP contribution >= 0.6 is 11.3 Å². The predicted octanol–water partition coefficient (Wildman–Crippen LogP) is 0.743. The van der Waals surface area contributed by atoms with Gasteiger partial charge in [-0.1, -0.05) is 0 Å². The highest BCUT2D eigenvalue weighted by molar-refractivity contribution is 7.14. The summed E-state index contributed by atoms with van der Waals surface area (Å²) in [7, 11) is 0. The smallest absolute Gasteiger partial charge is 0.298 e. The van der Waals surface area contributed by atoms with E-state index in [4.69, 9.17) is 5.84 Å². The van der Waals surface area contributed by atoms with E-state index in [-0.39, 0.29) is 0 Å². The Morgan fingerprint density at radius 2 is 2.50 bits per heavy atom. The minimum Gasteiger partial charge on any atom is -0.298 e. The number of nitrogens with one attached hydrogen (secondary N) is 2. The first kappa shape index (κ1) is 7.04. The van der Waals surface area contributed by atoms with Crippen molar-refractivity contribution in [2.75, 3.05) is 5.32 Å². The molecule has 4 nitrogen and oxygen atoms in total. The molecule has 54 valence electrons. The minimum absolute atomic E-state index is 0.401. The molecule has 0 aliphatic rings. The van der Waals surface area contributed by atoms with Crippen LogP contribution in [0.4, 0.5) is 9.80 Å². The van der Waals surface area contributed by atoms with Gasteiger partial charge in [-0.15, -0.1) is 11.3 Å². The Balaban J connectivity index is 2.48. The maximum atomic E-state index is 10.5. The third-order valence-electron chi connectivity index (χ3n) is 0.889. The summed E-state index contributed by atoms with van der Waals surface area (Å²) in [6.07, 6.45) is 0. The second-order valence-electron chi connectivity index (χ2n) is 1.58. The molecule has 0 atom stereocenters. The van der Waals surface area contributed by atoms with Gasteiger partial charge in [0.05, 0.1) is 5.00 Å². The molecule has 1 aromatic rings. The molecule has 1 heterocycles. The Kier molecular flexibility index (Phi) is 2.24. The van der Waals surface area contributed by atoms with Crippen molar-refractivity contribution in [3.63, 3.8) is 0 Å². The number of hydrazine groups is 1. The fourth-order valence-electron chi connectivity index (χ4n) is 0.498. The van der Waals surface area contributed by atoms with Crippen molar-refractivity contribution in [3.05, 3.63) is 17.5 Å². The van der Waals surface area contributed by atoms with E-state index in [1.807, 2.05) is 16.9 Å². The van der Waals surface area contributed by atoms with Gasteiger partial charge >= 0.3 is 6.03 Å². The van der Waals surface area contributed by atoms with Crippen LogP contribution in [0.25, 0.3) is 0 Å². The SMILES string of the molecule is NNC(=O)Nc1cccs1. The van der Waals surface area contributed by atoms with Crippen molar-refractivity contribution in [2.24, 2.45) is 5.84 Å². The van der Waals surface area contributed by atoms with Crippen LogP contribution in [0, 0.1) is 0 Å². The molecule has 4 N–H and O–H groups in total. The van der Waals surface area contributed by atoms with E-state index < -0.39 is 6.03 Å². The second-order valence-corrected chi connectivity index (χ2v) is 2.52. The highest BCUT2D eigenvalue weighted by Gasteiger charge is 1.96. The first-order valence-corrected chi connectivity index (χ1v) is 3.52. The van der Waals surface area contributed by atoms with E-state index >= 15 is 0 Å². The number of hydrogen-bond acceptors (Lipinski definition) is 3. The first-order valence-electron chi connectivity index (χ1n) is 2.64. The lowest BCUT2D eigenvalue weighted by Crippen LogP contribution is -2.34. The monoisotopic (exact) mass is 157 g/mol. The molecular formula is C5H7N3OS. The molecule has 2 amide bonds. The van der Waals surface area contributed by atoms with Crippen molar-refractivity contribution in [1.29, 1.82) is 0 Å². The van der Waals surface area contributed by atoms with Crippen LogP contribution in [0.15, 0.2) is 17.5 Å². The van der Waals surface area contributed by atoms with Crippen LogP contribution in [-0.4, -0.2) is 6.03 Å². The molecule has 5 heteroatoms. The Labute approximate surface area is 62.0 Å². The van der Waals surface area contributed by atoms with E-state index in [1.165, 1.54) is 11.3 Å². The summed E-state index contributed by atoms with van der Waals surface area (Å²) in [6.45, 7) is 0. The quantitative estimate of drug-likeness (QED) is 0.320. The normalized spacial score (nSPS) is 8.90. The van der Waals surface area contributed by atoms with E-state index in [2.05, 4.69) is 5.32 Å². The fraction of sp³-hybridized carbons (Fsp3) is 0. The van der Waals surface area contributed by atoms with Gasteiger partial charge in [0.1, 0.15) is 0 Å². The molecule has 0 saturated carbocycles. The van der Waals surface area contributed by atoms with Crippen LogP contribution in [0.2, 0.25) is 0 Å². The number of urea groups is 1. The Morgan fingerprint density at radius 1 is 1.70 bits per heavy atom. The van der Waals surface area contributed by atoms with Crippen LogP contribution in [0.1, 0.15) is 0 Å². The molecule has 0 radical (unpaired) electrons. The Morgan fingerprint density at radius 3 is 3.00 bits per heavy atom. The molecule has 1 aromatic heterocycles. The summed E-state index contributed by atoms with van der Waals surface area (Å²) >= 11 is 1.44. The predicted molar refractivity (Wildman–Crippen MR) is 40.7 cm³/mol. The maximum absolute atomic E-state index is 10.5. The molecule has 0 fully saturated rings. The van der Waals surface area contributed by atoms with Crippen molar-refractivity contribution >= 4 is 22.4 Å². The molecule has 1 rings (SSSR count). The average Bonchev–Trinajstić information content (AvgIpc) is 2.40. The molecule has 0 unspecified atom stereocenters. The highest BCUT2D eigenvalue weighted by atomic mass is 32.1. The minimum atomic E-state index is -0.401. The van der Waals surface area contributed by atoms with Crippen LogP contribution in [-0.2, 0) is 0 Å². The van der Waals surface area contributed by atoms with Gasteiger partial charge in [-0.2, -0.15) is 0 Å². The fourth-order valence-corrected chi connectivity index (χ4v) is 1.11. The van der Waals surface area contributed by atoms with Gasteiger partial charge in [0.25, 0.3) is 0 Å². The highest BCUT2D eigenvalue weighted by Crippen LogP contribution is 2.13. The summed E-state index contributed by atoms with van der Waals surface area (Å²) in [5.74, 6) is 4.83. The van der Waals surface area contributed by atoms with Gasteiger partial charge in [-0.3, -0.25) is 10.7 Å². The van der Waals surface area contributed by atoms with Gasteiger partial charge in [0.2, 0.25) is 0 Å². The van der Waals surface area contributed by atoms with Gasteiger partial charge < -0.3 is 0 Å². The molecular weight excluding hydrogens is 150 g/mol. The zero-order valence-corrected chi connectivity index (χ0v) is 5.94. The number of anilines is 1. The number of rotatable bonds is 1. The van der Waals surface area contributed by atoms with Gasteiger partial charge in [0, 0.05) is 0 Å². The summed E-state index contributed by atoms with van der Waals surface area (Å²) in [6, 6.07) is 3.24. The number of carbonyl (C=O) groups excluding carboxylic acids is 1. The van der Waals surface area contributed by atoms with Crippen LogP contribution in [0.5, 0.6) is 0 Å². The first-order chi connectivity index (χ1) is 4.83. The zero-order valence-electron chi connectivity index (χ0n) is 5.13. The molecule has 10 heavy (non-hydrogen) atoms. The van der Waals surface area contributed by atoms with Gasteiger partial charge in [-0.25, -0.2) is 10.6 Å². The summed E-state index contributed by atoms with van der Waals surface area (Å²) in [4.78, 5) is 10.5. The van der Waals surface area contributed by atoms with E-state index in [0.29, 0.717) is 0 Å². The molecule has 0 aliphatic carbocycles.